The van der Waals surface area contributed by atoms with Crippen LogP contribution in [0.15, 0.2) is 24.5 Å². The molecular weight excluding hydrogens is 427 g/mol. The third-order valence-electron chi connectivity index (χ3n) is 6.42. The maximum atomic E-state index is 14.2. The molecule has 3 N–H and O–H groups in total. The first kappa shape index (κ1) is 21.4. The fourth-order valence-electron chi connectivity index (χ4n) is 4.37. The Morgan fingerprint density at radius 2 is 2.09 bits per heavy atom. The number of halogens is 1. The number of piperidine rings is 1. The van der Waals surface area contributed by atoms with Crippen molar-refractivity contribution < 1.29 is 14.2 Å². The van der Waals surface area contributed by atoms with Gasteiger partial charge >= 0.3 is 0 Å². The molecular formula is C22H27FN8O2. The number of anilines is 2. The highest BCUT2D eigenvalue weighted by atomic mass is 19.1. The molecule has 5 rings (SSSR count). The molecule has 1 fully saturated rings. The number of hydrogen-bond donors (Lipinski definition) is 2. The second kappa shape index (κ2) is 8.14. The minimum absolute atomic E-state index is 0.0705. The van der Waals surface area contributed by atoms with Gasteiger partial charge in [-0.05, 0) is 32.8 Å². The van der Waals surface area contributed by atoms with Crippen molar-refractivity contribution in [2.24, 2.45) is 0 Å². The summed E-state index contributed by atoms with van der Waals surface area (Å²) in [6, 6.07) is 2.55. The van der Waals surface area contributed by atoms with Gasteiger partial charge in [-0.3, -0.25) is 4.68 Å². The van der Waals surface area contributed by atoms with Crippen LogP contribution >= 0.6 is 0 Å². The lowest BCUT2D eigenvalue weighted by Gasteiger charge is -2.32. The highest BCUT2D eigenvalue weighted by Gasteiger charge is 2.27. The van der Waals surface area contributed by atoms with E-state index in [0.717, 1.165) is 25.1 Å². The molecule has 0 aliphatic carbocycles. The molecule has 11 heteroatoms. The summed E-state index contributed by atoms with van der Waals surface area (Å²) < 4.78 is 22.7. The number of rotatable bonds is 5. The summed E-state index contributed by atoms with van der Waals surface area (Å²) in [6.07, 6.45) is 5.18. The van der Waals surface area contributed by atoms with Crippen molar-refractivity contribution in [2.75, 3.05) is 30.8 Å². The van der Waals surface area contributed by atoms with Gasteiger partial charge in [-0.25, -0.2) is 14.4 Å². The Kier molecular flexibility index (Phi) is 5.28. The van der Waals surface area contributed by atoms with E-state index in [1.54, 1.807) is 11.6 Å². The van der Waals surface area contributed by atoms with Crippen molar-refractivity contribution in [3.8, 4) is 5.75 Å². The minimum Gasteiger partial charge on any atom is -0.494 e. The van der Waals surface area contributed by atoms with E-state index < -0.39 is 11.9 Å². The second-order valence-electron chi connectivity index (χ2n) is 8.62. The quantitative estimate of drug-likeness (QED) is 0.472. The largest absolute Gasteiger partial charge is 0.494 e. The van der Waals surface area contributed by atoms with Crippen LogP contribution in [-0.4, -0.2) is 60.8 Å². The van der Waals surface area contributed by atoms with Crippen LogP contribution in [0.5, 0.6) is 5.75 Å². The topological polar surface area (TPSA) is 120 Å². The van der Waals surface area contributed by atoms with Crippen LogP contribution in [-0.2, 0) is 0 Å². The third-order valence-corrected chi connectivity index (χ3v) is 6.42. The highest BCUT2D eigenvalue weighted by molar-refractivity contribution is 5.95. The molecule has 0 saturated carbocycles. The number of aliphatic hydroxyl groups is 1. The third kappa shape index (κ3) is 3.71. The van der Waals surface area contributed by atoms with Gasteiger partial charge in [-0.15, -0.1) is 5.10 Å². The summed E-state index contributed by atoms with van der Waals surface area (Å²) >= 11 is 0. The van der Waals surface area contributed by atoms with Crippen LogP contribution in [0.3, 0.4) is 0 Å². The molecule has 4 heterocycles. The molecule has 3 atom stereocenters. The Balaban J connectivity index is 1.48. The molecule has 174 valence electrons. The molecule has 1 aromatic carbocycles. The minimum atomic E-state index is -0.494. The van der Waals surface area contributed by atoms with Gasteiger partial charge in [-0.1, -0.05) is 0 Å². The van der Waals surface area contributed by atoms with Gasteiger partial charge in [0.25, 0.3) is 0 Å². The van der Waals surface area contributed by atoms with E-state index in [4.69, 9.17) is 15.5 Å². The van der Waals surface area contributed by atoms with E-state index in [0.29, 0.717) is 34.7 Å². The Labute approximate surface area is 189 Å². The number of nitrogen functional groups attached to an aromatic ring is 1. The average molecular weight is 455 g/mol. The number of aromatic nitrogens is 6. The highest BCUT2D eigenvalue weighted by Crippen LogP contribution is 2.32. The molecule has 3 aromatic heterocycles. The van der Waals surface area contributed by atoms with Gasteiger partial charge in [0.2, 0.25) is 5.95 Å². The summed E-state index contributed by atoms with van der Waals surface area (Å²) in [5, 5.41) is 19.4. The van der Waals surface area contributed by atoms with Gasteiger partial charge in [0.1, 0.15) is 17.1 Å². The molecule has 1 saturated heterocycles. The number of benzene rings is 1. The molecule has 33 heavy (non-hydrogen) atoms. The van der Waals surface area contributed by atoms with Crippen molar-refractivity contribution in [3.05, 3.63) is 36.2 Å². The summed E-state index contributed by atoms with van der Waals surface area (Å²) in [5.74, 6) is 0.748. The lowest BCUT2D eigenvalue weighted by molar-refractivity contribution is 0.132. The van der Waals surface area contributed by atoms with Crippen molar-refractivity contribution in [3.63, 3.8) is 0 Å². The van der Waals surface area contributed by atoms with Crippen LogP contribution < -0.4 is 15.4 Å². The van der Waals surface area contributed by atoms with Gasteiger partial charge in [0.05, 0.1) is 36.5 Å². The lowest BCUT2D eigenvalue weighted by Crippen LogP contribution is -2.34. The molecule has 10 nitrogen and oxygen atoms in total. The first-order chi connectivity index (χ1) is 15.9. The summed E-state index contributed by atoms with van der Waals surface area (Å²) in [5.41, 5.74) is 8.06. The van der Waals surface area contributed by atoms with Crippen LogP contribution in [0, 0.1) is 5.82 Å². The van der Waals surface area contributed by atoms with Crippen LogP contribution in [0.4, 0.5) is 16.0 Å². The fourth-order valence-corrected chi connectivity index (χ4v) is 4.37. The van der Waals surface area contributed by atoms with Crippen LogP contribution in [0.2, 0.25) is 0 Å². The van der Waals surface area contributed by atoms with Crippen molar-refractivity contribution in [1.82, 2.24) is 29.4 Å². The number of ether oxygens (including phenoxy) is 1. The number of nitrogens with zero attached hydrogens (tertiary/aromatic N) is 7. The number of hydrogen-bond acceptors (Lipinski definition) is 8. The smallest absolute Gasteiger partial charge is 0.223 e. The molecule has 1 aliphatic rings. The van der Waals surface area contributed by atoms with Crippen molar-refractivity contribution in [2.45, 2.75) is 44.8 Å². The standard InChI is InChI=1S/C22H27FN8O2/c1-12(13(2)32)30-11-16(9-25-30)29-6-4-5-14(10-29)20-27-21-17-7-15(23)8-18(33-3)19(17)26-22(24)31(21)28-20/h7-9,11-14,32H,4-6,10H2,1-3H3,(H2,24,26)/t12-,13-,14?/m0/s1. The zero-order valence-electron chi connectivity index (χ0n) is 18.8. The molecule has 4 aromatic rings. The summed E-state index contributed by atoms with van der Waals surface area (Å²) in [6.45, 7) is 5.30. The van der Waals surface area contributed by atoms with E-state index in [1.165, 1.54) is 23.8 Å². The Morgan fingerprint density at radius 3 is 2.85 bits per heavy atom. The first-order valence-corrected chi connectivity index (χ1v) is 11.0. The van der Waals surface area contributed by atoms with Gasteiger partial charge in [0, 0.05) is 31.3 Å². The Hall–Kier alpha value is -3.47. The molecule has 0 spiro atoms. The monoisotopic (exact) mass is 454 g/mol. The molecule has 1 unspecified atom stereocenters. The number of nitrogens with two attached hydrogens (primary N) is 1. The number of fused-ring (bicyclic) bond motifs is 3. The van der Waals surface area contributed by atoms with Crippen LogP contribution in [0.1, 0.15) is 44.5 Å². The predicted molar refractivity (Wildman–Crippen MR) is 122 cm³/mol. The average Bonchev–Trinajstić information content (AvgIpc) is 3.47. The van der Waals surface area contributed by atoms with E-state index in [9.17, 15) is 9.50 Å². The van der Waals surface area contributed by atoms with Crippen LogP contribution in [0.25, 0.3) is 16.6 Å². The Morgan fingerprint density at radius 1 is 1.27 bits per heavy atom. The van der Waals surface area contributed by atoms with Gasteiger partial charge in [0.15, 0.2) is 11.5 Å². The molecule has 0 radical (unpaired) electrons. The normalized spacial score (nSPS) is 18.7. The van der Waals surface area contributed by atoms with Gasteiger partial charge in [-0.2, -0.15) is 9.61 Å². The van der Waals surface area contributed by atoms with Crippen molar-refractivity contribution in [1.29, 1.82) is 0 Å². The van der Waals surface area contributed by atoms with Gasteiger partial charge < -0.3 is 20.5 Å². The summed E-state index contributed by atoms with van der Waals surface area (Å²) in [7, 11) is 1.46. The lowest BCUT2D eigenvalue weighted by atomic mass is 9.97. The molecule has 0 bridgehead atoms. The predicted octanol–water partition coefficient (Wildman–Crippen LogP) is 2.53. The Bertz CT molecular complexity index is 1320. The van der Waals surface area contributed by atoms with E-state index in [-0.39, 0.29) is 17.9 Å². The fraction of sp³-hybridized carbons (Fsp3) is 0.455. The number of aliphatic hydroxyl groups excluding tert-OH is 1. The maximum absolute atomic E-state index is 14.2. The first-order valence-electron chi connectivity index (χ1n) is 11.0. The number of methoxy groups -OCH3 is 1. The summed E-state index contributed by atoms with van der Waals surface area (Å²) in [4.78, 5) is 11.4. The van der Waals surface area contributed by atoms with E-state index >= 15 is 0 Å². The SMILES string of the molecule is COc1cc(F)cc2c1nc(N)n1nc(C3CCCN(c4cnn([C@@H](C)[C@H](C)O)c4)C3)nc21. The van der Waals surface area contributed by atoms with Crippen molar-refractivity contribution >= 4 is 28.2 Å². The molecule has 0 amide bonds. The zero-order chi connectivity index (χ0) is 23.3. The maximum Gasteiger partial charge on any atom is 0.223 e. The van der Waals surface area contributed by atoms with E-state index in [1.807, 2.05) is 19.3 Å². The van der Waals surface area contributed by atoms with E-state index in [2.05, 4.69) is 20.1 Å². The zero-order valence-corrected chi connectivity index (χ0v) is 18.8. The second-order valence-corrected chi connectivity index (χ2v) is 8.62. The molecule has 1 aliphatic heterocycles.